The van der Waals surface area contributed by atoms with Gasteiger partial charge in [-0.25, -0.2) is 0 Å². The van der Waals surface area contributed by atoms with Gasteiger partial charge in [0.1, 0.15) is 0 Å². The van der Waals surface area contributed by atoms with Gasteiger partial charge in [-0.15, -0.1) is 0 Å². The maximum absolute atomic E-state index is 7.48. The predicted octanol–water partition coefficient (Wildman–Crippen LogP) is 7.34. The van der Waals surface area contributed by atoms with Crippen LogP contribution < -0.4 is 0 Å². The second kappa shape index (κ2) is 6.27. The Morgan fingerprint density at radius 2 is 1.23 bits per heavy atom. The van der Waals surface area contributed by atoms with Gasteiger partial charge < -0.3 is 0 Å². The van der Waals surface area contributed by atoms with Crippen LogP contribution in [0.4, 0.5) is 0 Å². The summed E-state index contributed by atoms with van der Waals surface area (Å²) in [7, 11) is -2.87. The van der Waals surface area contributed by atoms with Gasteiger partial charge in [0.25, 0.3) is 0 Å². The molecule has 0 aliphatic rings. The van der Waals surface area contributed by atoms with Gasteiger partial charge in [0, 0.05) is 0 Å². The van der Waals surface area contributed by atoms with Gasteiger partial charge in [-0.1, -0.05) is 0 Å². The molecule has 1 rings (SSSR count). The van der Waals surface area contributed by atoms with Crippen LogP contribution in [0.2, 0.25) is 0 Å². The molecule has 0 aliphatic carbocycles. The molecular formula is C16H30Cl3P3+2. The summed E-state index contributed by atoms with van der Waals surface area (Å²) in [5, 5.41) is 0. The van der Waals surface area contributed by atoms with Crippen LogP contribution in [0, 0.1) is 0 Å². The van der Waals surface area contributed by atoms with Crippen LogP contribution in [0.25, 0.3) is 0 Å². The number of hydrogen-bond acceptors (Lipinski definition) is 0. The Balaban J connectivity index is 4.04. The third-order valence-electron chi connectivity index (χ3n) is 4.52. The summed E-state index contributed by atoms with van der Waals surface area (Å²) in [4.78, 5) is 0. The molecular weight excluding hydrogens is 391 g/mol. The van der Waals surface area contributed by atoms with Crippen molar-refractivity contribution < 1.29 is 0 Å². The number of benzene rings is 1. The van der Waals surface area contributed by atoms with E-state index >= 15 is 0 Å². The summed E-state index contributed by atoms with van der Waals surface area (Å²) >= 11 is 20.6. The normalized spacial score (nSPS) is 16.5. The first-order valence-electron chi connectivity index (χ1n) is 7.27. The van der Waals surface area contributed by atoms with Crippen molar-refractivity contribution in [2.24, 2.45) is 0 Å². The van der Waals surface area contributed by atoms with E-state index in [4.69, 9.17) is 34.4 Å². The minimum absolute atomic E-state index is 0.122. The molecule has 0 aromatic heterocycles. The van der Waals surface area contributed by atoms with Crippen molar-refractivity contribution >= 4 is 54.9 Å². The maximum atomic E-state index is 7.48. The van der Waals surface area contributed by atoms with Crippen LogP contribution in [0.1, 0.15) is 5.56 Å². The summed E-state index contributed by atoms with van der Waals surface area (Å²) in [6.45, 7) is 18.7. The van der Waals surface area contributed by atoms with Crippen LogP contribution in [-0.2, 0) is 4.64 Å². The minimum atomic E-state index is -2.97. The van der Waals surface area contributed by atoms with Gasteiger partial charge in [-0.3, -0.25) is 0 Å². The molecule has 0 aliphatic heterocycles. The molecule has 0 heterocycles. The zero-order valence-electron chi connectivity index (χ0n) is 14.9. The number of halogens is 3. The van der Waals surface area contributed by atoms with E-state index < -0.39 is 25.1 Å². The van der Waals surface area contributed by atoms with Gasteiger partial charge in [0.15, 0.2) is 0 Å². The molecule has 0 nitrogen and oxygen atoms in total. The molecule has 1 aromatic rings. The van der Waals surface area contributed by atoms with Gasteiger partial charge >= 0.3 is 153 Å². The van der Waals surface area contributed by atoms with E-state index in [1.807, 2.05) is 0 Å². The molecule has 0 bridgehead atoms. The quantitative estimate of drug-likeness (QED) is 0.345. The van der Waals surface area contributed by atoms with Crippen LogP contribution in [0.15, 0.2) is 30.3 Å². The Kier molecular flexibility index (Phi) is 6.11. The van der Waals surface area contributed by atoms with E-state index in [2.05, 4.69) is 83.7 Å². The summed E-state index contributed by atoms with van der Waals surface area (Å²) in [6.07, 6.45) is 0. The number of hydrogen-bond donors (Lipinski definition) is 0. The molecule has 0 atom stereocenters. The molecule has 6 heteroatoms. The second-order valence-electron chi connectivity index (χ2n) is 8.36. The summed E-state index contributed by atoms with van der Waals surface area (Å²) in [6, 6.07) is 10.7. The van der Waals surface area contributed by atoms with E-state index in [-0.39, 0.29) is 4.64 Å². The van der Waals surface area contributed by atoms with Crippen molar-refractivity contribution in [3.05, 3.63) is 35.9 Å². The van der Waals surface area contributed by atoms with Gasteiger partial charge in [-0.2, -0.15) is 0 Å². The topological polar surface area (TPSA) is 0 Å². The van der Waals surface area contributed by atoms with Crippen molar-refractivity contribution in [2.45, 2.75) is 9.22 Å². The zero-order chi connectivity index (χ0) is 17.6. The van der Waals surface area contributed by atoms with Crippen molar-refractivity contribution in [1.29, 1.82) is 0 Å². The Morgan fingerprint density at radius 1 is 0.864 bits per heavy atom. The molecule has 128 valence electrons. The third kappa shape index (κ3) is 3.12. The van der Waals surface area contributed by atoms with Gasteiger partial charge in [0.2, 0.25) is 0 Å². The Morgan fingerprint density at radius 3 is 1.50 bits per heavy atom. The summed E-state index contributed by atoms with van der Waals surface area (Å²) in [5.74, 6) is -2.97. The molecule has 0 fully saturated rings. The monoisotopic (exact) mass is 420 g/mol. The molecule has 1 aromatic carbocycles. The molecule has 22 heavy (non-hydrogen) atoms. The van der Waals surface area contributed by atoms with E-state index in [9.17, 15) is 0 Å². The molecule has 0 radical (unpaired) electrons. The molecule has 0 N–H and O–H groups in total. The summed E-state index contributed by atoms with van der Waals surface area (Å²) in [5.41, 5.74) is 1.32. The van der Waals surface area contributed by atoms with E-state index in [1.54, 1.807) is 0 Å². The first kappa shape index (κ1) is 21.4. The van der Waals surface area contributed by atoms with Crippen molar-refractivity contribution in [3.63, 3.8) is 0 Å². The van der Waals surface area contributed by atoms with E-state index in [0.717, 1.165) is 0 Å². The Labute approximate surface area is 153 Å². The van der Waals surface area contributed by atoms with E-state index in [0.29, 0.717) is 0 Å². The van der Waals surface area contributed by atoms with Gasteiger partial charge in [0.05, 0.1) is 0 Å². The second-order valence-corrected chi connectivity index (χ2v) is 28.9. The summed E-state index contributed by atoms with van der Waals surface area (Å²) < 4.78 is -0.672. The first-order chi connectivity index (χ1) is 9.58. The van der Waals surface area contributed by atoms with Crippen molar-refractivity contribution in [3.8, 4) is 0 Å². The van der Waals surface area contributed by atoms with Crippen LogP contribution >= 0.6 is 54.9 Å². The zero-order valence-corrected chi connectivity index (χ0v) is 19.9. The SMILES string of the molecule is C[P+](C)(C)C(c1ccccc1)([P+](C)(C)C)P(C)(C)(Cl)C(Cl)Cl. The standard InChI is InChI=1S/C16H30Cl3P3/c1-20(2,3)16(21(4,5)6,14-12-10-9-11-13-14)22(7,8,19)15(17)18/h9-13,15H,1-8H3/q+2. The molecule has 0 spiro atoms. The molecule has 0 saturated carbocycles. The fourth-order valence-corrected chi connectivity index (χ4v) is 35.8. The third-order valence-corrected chi connectivity index (χ3v) is 29.1. The first-order valence-corrected chi connectivity index (χ1v) is 18.5. The fraction of sp³-hybridized carbons (Fsp3) is 0.625. The van der Waals surface area contributed by atoms with Crippen LogP contribution in [0.5, 0.6) is 0 Å². The Hall–Kier alpha value is 1.38. The van der Waals surface area contributed by atoms with E-state index in [1.165, 1.54) is 5.56 Å². The van der Waals surface area contributed by atoms with Gasteiger partial charge in [-0.05, 0) is 0 Å². The van der Waals surface area contributed by atoms with Crippen molar-refractivity contribution in [1.82, 2.24) is 0 Å². The molecule has 0 saturated heterocycles. The van der Waals surface area contributed by atoms with Crippen LogP contribution in [-0.4, -0.2) is 57.9 Å². The fourth-order valence-electron chi connectivity index (χ4n) is 4.63. The number of alkyl halides is 2. The average Bonchev–Trinajstić information content (AvgIpc) is 2.25. The van der Waals surface area contributed by atoms with Crippen LogP contribution in [0.3, 0.4) is 0 Å². The Bertz CT molecular complexity index is 506. The number of rotatable bonds is 5. The molecule has 0 unspecified atom stereocenters. The average molecular weight is 422 g/mol. The van der Waals surface area contributed by atoms with Crippen molar-refractivity contribution in [2.75, 3.05) is 53.3 Å². The molecule has 0 amide bonds. The predicted molar refractivity (Wildman–Crippen MR) is 118 cm³/mol.